The Morgan fingerprint density at radius 3 is 2.53 bits per heavy atom. The Hall–Kier alpha value is -0.0800. The number of nitrogens with zero attached hydrogens (tertiary/aromatic N) is 1. The summed E-state index contributed by atoms with van der Waals surface area (Å²) in [4.78, 5) is 2.68. The van der Waals surface area contributed by atoms with Crippen LogP contribution in [0.15, 0.2) is 0 Å². The Morgan fingerprint density at radius 2 is 2.00 bits per heavy atom. The summed E-state index contributed by atoms with van der Waals surface area (Å²) in [5, 5.41) is 3.53. The van der Waals surface area contributed by atoms with Crippen LogP contribution in [0.3, 0.4) is 0 Å². The van der Waals surface area contributed by atoms with E-state index in [0.717, 1.165) is 11.8 Å². The molecule has 1 atom stereocenters. The van der Waals surface area contributed by atoms with Crippen molar-refractivity contribution in [1.29, 1.82) is 0 Å². The lowest BCUT2D eigenvalue weighted by Crippen LogP contribution is -2.41. The van der Waals surface area contributed by atoms with Crippen LogP contribution in [0.1, 0.15) is 53.4 Å². The zero-order valence-electron chi connectivity index (χ0n) is 12.3. The maximum atomic E-state index is 3.53. The summed E-state index contributed by atoms with van der Waals surface area (Å²) in [5.74, 6) is 1.73. The van der Waals surface area contributed by atoms with Crippen molar-refractivity contribution in [1.82, 2.24) is 10.2 Å². The first-order chi connectivity index (χ1) is 8.09. The van der Waals surface area contributed by atoms with Gasteiger partial charge in [-0.3, -0.25) is 0 Å². The SMILES string of the molecule is CC(C)CCCN(CC1CCCNC1)C(C)C. The molecule has 1 fully saturated rings. The van der Waals surface area contributed by atoms with Gasteiger partial charge in [0.05, 0.1) is 0 Å². The summed E-state index contributed by atoms with van der Waals surface area (Å²) < 4.78 is 0. The highest BCUT2D eigenvalue weighted by Crippen LogP contribution is 2.15. The second-order valence-electron chi connectivity index (χ2n) is 6.34. The summed E-state index contributed by atoms with van der Waals surface area (Å²) in [5.41, 5.74) is 0. The van der Waals surface area contributed by atoms with Gasteiger partial charge in [-0.1, -0.05) is 13.8 Å². The van der Waals surface area contributed by atoms with Crippen molar-refractivity contribution in [3.8, 4) is 0 Å². The van der Waals surface area contributed by atoms with Crippen LogP contribution in [-0.4, -0.2) is 37.1 Å². The fourth-order valence-corrected chi connectivity index (χ4v) is 2.67. The molecule has 0 saturated carbocycles. The van der Waals surface area contributed by atoms with Gasteiger partial charge in [-0.05, 0) is 71.0 Å². The number of nitrogens with one attached hydrogen (secondary N) is 1. The van der Waals surface area contributed by atoms with Crippen molar-refractivity contribution in [2.45, 2.75) is 59.4 Å². The maximum absolute atomic E-state index is 3.53. The van der Waals surface area contributed by atoms with Gasteiger partial charge in [-0.25, -0.2) is 0 Å². The zero-order chi connectivity index (χ0) is 12.7. The van der Waals surface area contributed by atoms with E-state index < -0.39 is 0 Å². The molecule has 0 radical (unpaired) electrons. The third-order valence-electron chi connectivity index (χ3n) is 3.85. The molecule has 1 heterocycles. The van der Waals surface area contributed by atoms with E-state index in [-0.39, 0.29) is 0 Å². The summed E-state index contributed by atoms with van der Waals surface area (Å²) in [6, 6.07) is 0.698. The lowest BCUT2D eigenvalue weighted by Gasteiger charge is -2.33. The highest BCUT2D eigenvalue weighted by atomic mass is 15.1. The van der Waals surface area contributed by atoms with Gasteiger partial charge < -0.3 is 10.2 Å². The van der Waals surface area contributed by atoms with Gasteiger partial charge in [0.1, 0.15) is 0 Å². The fraction of sp³-hybridized carbons (Fsp3) is 1.00. The fourth-order valence-electron chi connectivity index (χ4n) is 2.67. The molecule has 2 heteroatoms. The van der Waals surface area contributed by atoms with Gasteiger partial charge in [-0.15, -0.1) is 0 Å². The molecule has 17 heavy (non-hydrogen) atoms. The number of rotatable bonds is 7. The summed E-state index contributed by atoms with van der Waals surface area (Å²) in [6.45, 7) is 14.4. The third-order valence-corrected chi connectivity index (χ3v) is 3.85. The molecule has 1 N–H and O–H groups in total. The van der Waals surface area contributed by atoms with Gasteiger partial charge in [0, 0.05) is 12.6 Å². The van der Waals surface area contributed by atoms with Crippen molar-refractivity contribution in [2.24, 2.45) is 11.8 Å². The molecule has 1 unspecified atom stereocenters. The molecule has 0 aliphatic carbocycles. The van der Waals surface area contributed by atoms with Gasteiger partial charge in [0.2, 0.25) is 0 Å². The average molecular weight is 240 g/mol. The molecule has 1 saturated heterocycles. The van der Waals surface area contributed by atoms with E-state index in [4.69, 9.17) is 0 Å². The Morgan fingerprint density at radius 1 is 1.24 bits per heavy atom. The largest absolute Gasteiger partial charge is 0.316 e. The Labute approximate surface area is 108 Å². The predicted molar refractivity (Wildman–Crippen MR) is 76.4 cm³/mol. The zero-order valence-corrected chi connectivity index (χ0v) is 12.3. The van der Waals surface area contributed by atoms with Gasteiger partial charge in [0.25, 0.3) is 0 Å². The molecular weight excluding hydrogens is 208 g/mol. The van der Waals surface area contributed by atoms with Crippen LogP contribution in [0.4, 0.5) is 0 Å². The van der Waals surface area contributed by atoms with Crippen molar-refractivity contribution in [3.63, 3.8) is 0 Å². The van der Waals surface area contributed by atoms with E-state index in [9.17, 15) is 0 Å². The standard InChI is InChI=1S/C15H32N2/c1-13(2)7-6-10-17(14(3)4)12-15-8-5-9-16-11-15/h13-16H,5-12H2,1-4H3. The molecule has 0 aromatic carbocycles. The minimum Gasteiger partial charge on any atom is -0.316 e. The molecule has 1 rings (SSSR count). The van der Waals surface area contributed by atoms with Gasteiger partial charge in [-0.2, -0.15) is 0 Å². The first kappa shape index (κ1) is 15.0. The van der Waals surface area contributed by atoms with Crippen molar-refractivity contribution < 1.29 is 0 Å². The third kappa shape index (κ3) is 6.42. The van der Waals surface area contributed by atoms with E-state index in [2.05, 4.69) is 37.9 Å². The number of hydrogen-bond acceptors (Lipinski definition) is 2. The number of piperidine rings is 1. The molecular formula is C15H32N2. The van der Waals surface area contributed by atoms with Crippen LogP contribution < -0.4 is 5.32 Å². The predicted octanol–water partition coefficient (Wildman–Crippen LogP) is 3.13. The molecule has 0 aromatic rings. The van der Waals surface area contributed by atoms with Crippen LogP contribution in [0.5, 0.6) is 0 Å². The van der Waals surface area contributed by atoms with E-state index in [1.807, 2.05) is 0 Å². The Balaban J connectivity index is 2.26. The van der Waals surface area contributed by atoms with E-state index in [1.54, 1.807) is 0 Å². The normalized spacial score (nSPS) is 21.7. The molecule has 2 nitrogen and oxygen atoms in total. The van der Waals surface area contributed by atoms with Crippen molar-refractivity contribution in [2.75, 3.05) is 26.2 Å². The molecule has 102 valence electrons. The van der Waals surface area contributed by atoms with Crippen LogP contribution in [-0.2, 0) is 0 Å². The van der Waals surface area contributed by atoms with Crippen LogP contribution in [0.2, 0.25) is 0 Å². The topological polar surface area (TPSA) is 15.3 Å². The van der Waals surface area contributed by atoms with Crippen LogP contribution in [0.25, 0.3) is 0 Å². The quantitative estimate of drug-likeness (QED) is 0.735. The second kappa shape index (κ2) is 8.10. The molecule has 1 aliphatic heterocycles. The van der Waals surface area contributed by atoms with Crippen LogP contribution >= 0.6 is 0 Å². The lowest BCUT2D eigenvalue weighted by molar-refractivity contribution is 0.167. The summed E-state index contributed by atoms with van der Waals surface area (Å²) in [6.07, 6.45) is 5.51. The first-order valence-corrected chi connectivity index (χ1v) is 7.54. The lowest BCUT2D eigenvalue weighted by atomic mass is 9.98. The molecule has 0 spiro atoms. The van der Waals surface area contributed by atoms with E-state index >= 15 is 0 Å². The highest BCUT2D eigenvalue weighted by molar-refractivity contribution is 4.74. The smallest absolute Gasteiger partial charge is 0.00387 e. The van der Waals surface area contributed by atoms with Gasteiger partial charge >= 0.3 is 0 Å². The number of hydrogen-bond donors (Lipinski definition) is 1. The molecule has 1 aliphatic rings. The summed E-state index contributed by atoms with van der Waals surface area (Å²) in [7, 11) is 0. The van der Waals surface area contributed by atoms with Crippen molar-refractivity contribution in [3.05, 3.63) is 0 Å². The van der Waals surface area contributed by atoms with Gasteiger partial charge in [0.15, 0.2) is 0 Å². The molecule has 0 bridgehead atoms. The van der Waals surface area contributed by atoms with Crippen molar-refractivity contribution >= 4 is 0 Å². The molecule has 0 aromatic heterocycles. The summed E-state index contributed by atoms with van der Waals surface area (Å²) >= 11 is 0. The average Bonchev–Trinajstić information content (AvgIpc) is 2.28. The Bertz CT molecular complexity index is 183. The Kier molecular flexibility index (Phi) is 7.14. The first-order valence-electron chi connectivity index (χ1n) is 7.54. The minimum absolute atomic E-state index is 0.698. The monoisotopic (exact) mass is 240 g/mol. The van der Waals surface area contributed by atoms with E-state index in [0.29, 0.717) is 6.04 Å². The second-order valence-corrected chi connectivity index (χ2v) is 6.34. The maximum Gasteiger partial charge on any atom is 0.00387 e. The molecule has 0 amide bonds. The minimum atomic E-state index is 0.698. The van der Waals surface area contributed by atoms with E-state index in [1.165, 1.54) is 51.9 Å². The highest BCUT2D eigenvalue weighted by Gasteiger charge is 2.18. The van der Waals surface area contributed by atoms with Crippen LogP contribution in [0, 0.1) is 11.8 Å².